The Morgan fingerprint density at radius 3 is 2.55 bits per heavy atom. The molecule has 5 nitrogen and oxygen atoms in total. The summed E-state index contributed by atoms with van der Waals surface area (Å²) in [4.78, 5) is 27.8. The summed E-state index contributed by atoms with van der Waals surface area (Å²) in [6, 6.07) is 4.97. The molecule has 1 heterocycles. The molecule has 0 spiro atoms. The van der Waals surface area contributed by atoms with Gasteiger partial charge in [-0.2, -0.15) is 0 Å². The summed E-state index contributed by atoms with van der Waals surface area (Å²) in [5.41, 5.74) is 0.674. The first kappa shape index (κ1) is 14.2. The number of amidine groups is 1. The number of nitrogens with zero attached hydrogens (tertiary/aromatic N) is 1. The van der Waals surface area contributed by atoms with Gasteiger partial charge in [0, 0.05) is 5.56 Å². The largest absolute Gasteiger partial charge is 0.478 e. The smallest absolute Gasteiger partial charge is 0.335 e. The Labute approximate surface area is 117 Å². The summed E-state index contributed by atoms with van der Waals surface area (Å²) in [6.07, 6.45) is 0. The van der Waals surface area contributed by atoms with Gasteiger partial charge in [-0.25, -0.2) is 4.79 Å². The lowest BCUT2D eigenvalue weighted by Crippen LogP contribution is -2.41. The average Bonchev–Trinajstić information content (AvgIpc) is 2.66. The van der Waals surface area contributed by atoms with Crippen molar-refractivity contribution in [2.24, 2.45) is 10.9 Å². The number of nitrogens with one attached hydrogen (secondary N) is 1. The third kappa shape index (κ3) is 2.09. The van der Waals surface area contributed by atoms with Gasteiger partial charge in [-0.05, 0) is 31.4 Å². The molecular formula is C15H18N2O3. The molecule has 106 valence electrons. The van der Waals surface area contributed by atoms with Crippen molar-refractivity contribution < 1.29 is 14.7 Å². The first-order valence-corrected chi connectivity index (χ1v) is 6.52. The number of rotatable bonds is 3. The molecule has 20 heavy (non-hydrogen) atoms. The zero-order chi connectivity index (χ0) is 15.1. The predicted molar refractivity (Wildman–Crippen MR) is 76.1 cm³/mol. The first-order chi connectivity index (χ1) is 9.27. The predicted octanol–water partition coefficient (Wildman–Crippen LogP) is 1.98. The van der Waals surface area contributed by atoms with E-state index in [2.05, 4.69) is 10.3 Å². The van der Waals surface area contributed by atoms with Gasteiger partial charge in [0.05, 0.1) is 5.56 Å². The van der Waals surface area contributed by atoms with Gasteiger partial charge >= 0.3 is 5.97 Å². The second-order valence-electron chi connectivity index (χ2n) is 5.50. The highest BCUT2D eigenvalue weighted by Crippen LogP contribution is 2.28. The van der Waals surface area contributed by atoms with Crippen molar-refractivity contribution in [2.45, 2.75) is 33.2 Å². The number of aromatic carboxylic acids is 1. The van der Waals surface area contributed by atoms with E-state index in [4.69, 9.17) is 5.11 Å². The lowest BCUT2D eigenvalue weighted by molar-refractivity contribution is -0.124. The summed E-state index contributed by atoms with van der Waals surface area (Å²) in [5.74, 6) is -0.627. The van der Waals surface area contributed by atoms with Gasteiger partial charge in [-0.15, -0.1) is 0 Å². The van der Waals surface area contributed by atoms with Crippen LogP contribution >= 0.6 is 0 Å². The van der Waals surface area contributed by atoms with Crippen LogP contribution < -0.4 is 5.32 Å². The number of carboxylic acid groups (broad SMARTS) is 1. The number of amides is 1. The molecule has 1 unspecified atom stereocenters. The maximum Gasteiger partial charge on any atom is 0.335 e. The highest BCUT2D eigenvalue weighted by atomic mass is 16.4. The molecule has 2 N–H and O–H groups in total. The molecule has 0 bridgehead atoms. The lowest BCUT2D eigenvalue weighted by atomic mass is 9.89. The molecule has 0 saturated carbocycles. The Morgan fingerprint density at radius 1 is 1.40 bits per heavy atom. The SMILES string of the molecule is Cc1c(C(=O)O)cccc1C1=NC(C)(C(C)C)C(=O)N1. The van der Waals surface area contributed by atoms with Gasteiger partial charge in [-0.3, -0.25) is 9.79 Å². The van der Waals surface area contributed by atoms with Crippen LogP contribution in [0.25, 0.3) is 0 Å². The van der Waals surface area contributed by atoms with Gasteiger partial charge in [0.2, 0.25) is 0 Å². The number of carbonyl (C=O) groups excluding carboxylic acids is 1. The fraction of sp³-hybridized carbons (Fsp3) is 0.400. The van der Waals surface area contributed by atoms with Gasteiger partial charge < -0.3 is 10.4 Å². The number of benzene rings is 1. The highest BCUT2D eigenvalue weighted by molar-refractivity contribution is 6.16. The topological polar surface area (TPSA) is 78.8 Å². The van der Waals surface area contributed by atoms with Crippen molar-refractivity contribution >= 4 is 17.7 Å². The Hall–Kier alpha value is -2.17. The van der Waals surface area contributed by atoms with E-state index >= 15 is 0 Å². The number of hydrogen-bond acceptors (Lipinski definition) is 3. The molecule has 1 aliphatic heterocycles. The zero-order valence-corrected chi connectivity index (χ0v) is 12.0. The fourth-order valence-corrected chi connectivity index (χ4v) is 2.19. The average molecular weight is 274 g/mol. The molecule has 1 aliphatic rings. The Bertz CT molecular complexity index is 620. The molecule has 1 aromatic carbocycles. The molecule has 0 fully saturated rings. The fourth-order valence-electron chi connectivity index (χ4n) is 2.19. The third-order valence-electron chi connectivity index (χ3n) is 3.98. The van der Waals surface area contributed by atoms with Crippen LogP contribution in [0.2, 0.25) is 0 Å². The summed E-state index contributed by atoms with van der Waals surface area (Å²) in [6.45, 7) is 7.38. The molecule has 0 aromatic heterocycles. The quantitative estimate of drug-likeness (QED) is 0.884. The van der Waals surface area contributed by atoms with Gasteiger partial charge in [0.15, 0.2) is 0 Å². The van der Waals surface area contributed by atoms with E-state index in [0.717, 1.165) is 0 Å². The second-order valence-corrected chi connectivity index (χ2v) is 5.50. The minimum absolute atomic E-state index is 0.0583. The molecule has 0 radical (unpaired) electrons. The minimum Gasteiger partial charge on any atom is -0.478 e. The number of carboxylic acids is 1. The van der Waals surface area contributed by atoms with Crippen LogP contribution in [0, 0.1) is 12.8 Å². The molecule has 2 rings (SSSR count). The summed E-state index contributed by atoms with van der Waals surface area (Å²) in [7, 11) is 0. The van der Waals surface area contributed by atoms with Crippen molar-refractivity contribution in [2.75, 3.05) is 0 Å². The second kappa shape index (κ2) is 4.74. The van der Waals surface area contributed by atoms with Gasteiger partial charge in [0.1, 0.15) is 11.4 Å². The van der Waals surface area contributed by atoms with E-state index in [-0.39, 0.29) is 17.4 Å². The van der Waals surface area contributed by atoms with Crippen molar-refractivity contribution in [3.05, 3.63) is 34.9 Å². The van der Waals surface area contributed by atoms with Crippen LogP contribution in [-0.4, -0.2) is 28.4 Å². The molecular weight excluding hydrogens is 256 g/mol. The third-order valence-corrected chi connectivity index (χ3v) is 3.98. The van der Waals surface area contributed by atoms with Crippen molar-refractivity contribution in [3.63, 3.8) is 0 Å². The van der Waals surface area contributed by atoms with Crippen LogP contribution in [0.15, 0.2) is 23.2 Å². The number of hydrogen-bond donors (Lipinski definition) is 2. The molecule has 5 heteroatoms. The van der Waals surface area contributed by atoms with Crippen molar-refractivity contribution in [1.29, 1.82) is 0 Å². The van der Waals surface area contributed by atoms with Gasteiger partial charge in [0.25, 0.3) is 5.91 Å². The highest BCUT2D eigenvalue weighted by Gasteiger charge is 2.42. The zero-order valence-electron chi connectivity index (χ0n) is 12.0. The van der Waals surface area contributed by atoms with Crippen LogP contribution in [0.3, 0.4) is 0 Å². The van der Waals surface area contributed by atoms with Crippen LogP contribution in [0.1, 0.15) is 42.3 Å². The monoisotopic (exact) mass is 274 g/mol. The maximum absolute atomic E-state index is 12.1. The van der Waals surface area contributed by atoms with Crippen molar-refractivity contribution in [1.82, 2.24) is 5.32 Å². The lowest BCUT2D eigenvalue weighted by Gasteiger charge is -2.21. The summed E-state index contributed by atoms with van der Waals surface area (Å²) < 4.78 is 0. The Morgan fingerprint density at radius 2 is 2.05 bits per heavy atom. The molecule has 1 atom stereocenters. The molecule has 1 aromatic rings. The molecule has 1 amide bonds. The normalized spacial score (nSPS) is 21.9. The van der Waals surface area contributed by atoms with Crippen LogP contribution in [-0.2, 0) is 4.79 Å². The van der Waals surface area contributed by atoms with E-state index in [9.17, 15) is 9.59 Å². The Balaban J connectivity index is 2.52. The summed E-state index contributed by atoms with van der Waals surface area (Å²) in [5, 5.41) is 11.9. The van der Waals surface area contributed by atoms with E-state index in [0.29, 0.717) is 17.0 Å². The molecule has 0 saturated heterocycles. The first-order valence-electron chi connectivity index (χ1n) is 6.52. The van der Waals surface area contributed by atoms with E-state index in [1.165, 1.54) is 0 Å². The standard InChI is InChI=1S/C15H18N2O3/c1-8(2)15(4)14(20)16-12(17-15)10-6-5-7-11(9(10)3)13(18)19/h5-8H,1-4H3,(H,18,19)(H,16,17,20). The van der Waals surface area contributed by atoms with Crippen molar-refractivity contribution in [3.8, 4) is 0 Å². The van der Waals surface area contributed by atoms with Crippen LogP contribution in [0.4, 0.5) is 0 Å². The van der Waals surface area contributed by atoms with Crippen LogP contribution in [0.5, 0.6) is 0 Å². The Kier molecular flexibility index (Phi) is 3.38. The number of carbonyl (C=O) groups is 2. The number of aliphatic imine (C=N–C) groups is 1. The van der Waals surface area contributed by atoms with E-state index < -0.39 is 11.5 Å². The summed E-state index contributed by atoms with van der Waals surface area (Å²) >= 11 is 0. The minimum atomic E-state index is -0.985. The van der Waals surface area contributed by atoms with Gasteiger partial charge in [-0.1, -0.05) is 26.0 Å². The van der Waals surface area contributed by atoms with E-state index in [1.807, 2.05) is 13.8 Å². The molecule has 0 aliphatic carbocycles. The maximum atomic E-state index is 12.1. The van der Waals surface area contributed by atoms with E-state index in [1.54, 1.807) is 32.0 Å².